The van der Waals surface area contributed by atoms with Crippen LogP contribution in [0.2, 0.25) is 0 Å². The van der Waals surface area contributed by atoms with Gasteiger partial charge in [0.1, 0.15) is 5.75 Å². The first-order chi connectivity index (χ1) is 9.90. The van der Waals surface area contributed by atoms with Gasteiger partial charge in [0, 0.05) is 19.6 Å². The van der Waals surface area contributed by atoms with E-state index in [1.54, 1.807) is 24.3 Å². The van der Waals surface area contributed by atoms with Gasteiger partial charge >= 0.3 is 0 Å². The van der Waals surface area contributed by atoms with Crippen molar-refractivity contribution in [3.05, 3.63) is 24.3 Å². The van der Waals surface area contributed by atoms with Crippen molar-refractivity contribution in [2.24, 2.45) is 0 Å². The lowest BCUT2D eigenvalue weighted by Gasteiger charge is -2.35. The summed E-state index contributed by atoms with van der Waals surface area (Å²) in [5, 5.41) is 0. The van der Waals surface area contributed by atoms with Gasteiger partial charge in [0.25, 0.3) is 0 Å². The van der Waals surface area contributed by atoms with Crippen LogP contribution in [-0.4, -0.2) is 58.0 Å². The number of morpholine rings is 1. The molecule has 0 aromatic heterocycles. The van der Waals surface area contributed by atoms with Crippen molar-refractivity contribution in [1.29, 1.82) is 0 Å². The van der Waals surface area contributed by atoms with Gasteiger partial charge in [-0.2, -0.15) is 0 Å². The maximum Gasteiger partial charge on any atom is 0.179 e. The van der Waals surface area contributed by atoms with E-state index in [9.17, 15) is 8.42 Å². The Labute approximate surface area is 126 Å². The lowest BCUT2D eigenvalue weighted by atomic mass is 10.2. The third-order valence-electron chi connectivity index (χ3n) is 3.57. The minimum Gasteiger partial charge on any atom is -0.497 e. The van der Waals surface area contributed by atoms with Crippen LogP contribution in [0, 0.1) is 0 Å². The zero-order chi connectivity index (χ0) is 15.5. The zero-order valence-electron chi connectivity index (χ0n) is 12.8. The summed E-state index contributed by atoms with van der Waals surface area (Å²) in [6.07, 6.45) is 0.293. The predicted molar refractivity (Wildman–Crippen MR) is 81.5 cm³/mol. The molecular formula is C15H23NO4S. The summed E-state index contributed by atoms with van der Waals surface area (Å²) in [6, 6.07) is 6.62. The Kier molecular flexibility index (Phi) is 5.24. The van der Waals surface area contributed by atoms with E-state index in [4.69, 9.17) is 9.47 Å². The minimum atomic E-state index is -3.29. The van der Waals surface area contributed by atoms with Crippen molar-refractivity contribution in [3.8, 4) is 5.75 Å². The van der Waals surface area contributed by atoms with Crippen molar-refractivity contribution >= 4 is 9.84 Å². The molecule has 5 nitrogen and oxygen atoms in total. The van der Waals surface area contributed by atoms with Gasteiger partial charge in [0.05, 0.1) is 30.0 Å². The van der Waals surface area contributed by atoms with Crippen LogP contribution in [-0.2, 0) is 14.6 Å². The number of nitrogens with zero attached hydrogens (tertiary/aromatic N) is 1. The fourth-order valence-corrected chi connectivity index (χ4v) is 3.94. The molecule has 2 rings (SSSR count). The SMILES string of the molecule is COc1cccc(S(=O)(=O)CCN2C[C@@H](C)O[C@@H](C)C2)c1. The van der Waals surface area contributed by atoms with Crippen molar-refractivity contribution in [2.45, 2.75) is 31.0 Å². The Morgan fingerprint density at radius 3 is 2.57 bits per heavy atom. The molecule has 1 fully saturated rings. The van der Waals surface area contributed by atoms with Gasteiger partial charge in [-0.05, 0) is 32.0 Å². The third kappa shape index (κ3) is 4.43. The highest BCUT2D eigenvalue weighted by molar-refractivity contribution is 7.91. The second kappa shape index (κ2) is 6.77. The van der Waals surface area contributed by atoms with E-state index in [-0.39, 0.29) is 18.0 Å². The van der Waals surface area contributed by atoms with Crippen LogP contribution in [0.5, 0.6) is 5.75 Å². The van der Waals surface area contributed by atoms with E-state index >= 15 is 0 Å². The first-order valence-corrected chi connectivity index (χ1v) is 8.80. The highest BCUT2D eigenvalue weighted by atomic mass is 32.2. The van der Waals surface area contributed by atoms with E-state index < -0.39 is 9.84 Å². The van der Waals surface area contributed by atoms with Gasteiger partial charge in [0.15, 0.2) is 9.84 Å². The van der Waals surface area contributed by atoms with Crippen molar-refractivity contribution in [3.63, 3.8) is 0 Å². The van der Waals surface area contributed by atoms with E-state index in [1.165, 1.54) is 7.11 Å². The standard InChI is InChI=1S/C15H23NO4S/c1-12-10-16(11-13(2)20-12)7-8-21(17,18)15-6-4-5-14(9-15)19-3/h4-6,9,12-13H,7-8,10-11H2,1-3H3/t12-,13+. The molecule has 0 saturated carbocycles. The van der Waals surface area contributed by atoms with E-state index in [0.29, 0.717) is 17.2 Å². The topological polar surface area (TPSA) is 55.8 Å². The van der Waals surface area contributed by atoms with Crippen LogP contribution in [0.4, 0.5) is 0 Å². The summed E-state index contributed by atoms with van der Waals surface area (Å²) in [6.45, 7) is 6.10. The van der Waals surface area contributed by atoms with E-state index in [1.807, 2.05) is 13.8 Å². The van der Waals surface area contributed by atoms with Crippen LogP contribution in [0.25, 0.3) is 0 Å². The smallest absolute Gasteiger partial charge is 0.179 e. The van der Waals surface area contributed by atoms with Crippen LogP contribution in [0.1, 0.15) is 13.8 Å². The molecule has 1 aromatic rings. The fourth-order valence-electron chi connectivity index (χ4n) is 2.63. The molecule has 21 heavy (non-hydrogen) atoms. The molecule has 1 aliphatic rings. The van der Waals surface area contributed by atoms with Gasteiger partial charge in [-0.1, -0.05) is 6.07 Å². The average molecular weight is 313 g/mol. The fraction of sp³-hybridized carbons (Fsp3) is 0.600. The summed E-state index contributed by atoms with van der Waals surface area (Å²) in [5.41, 5.74) is 0. The van der Waals surface area contributed by atoms with Gasteiger partial charge in [-0.15, -0.1) is 0 Å². The van der Waals surface area contributed by atoms with Gasteiger partial charge in [-0.3, -0.25) is 4.90 Å². The molecular weight excluding hydrogens is 290 g/mol. The summed E-state index contributed by atoms with van der Waals surface area (Å²) >= 11 is 0. The van der Waals surface area contributed by atoms with Gasteiger partial charge < -0.3 is 9.47 Å². The predicted octanol–water partition coefficient (Wildman–Crippen LogP) is 1.58. The molecule has 0 spiro atoms. The van der Waals surface area contributed by atoms with Crippen molar-refractivity contribution in [1.82, 2.24) is 4.90 Å². The Hall–Kier alpha value is -1.11. The molecule has 2 atom stereocenters. The number of ether oxygens (including phenoxy) is 2. The first kappa shape index (κ1) is 16.3. The minimum absolute atomic E-state index is 0.111. The number of sulfone groups is 1. The number of benzene rings is 1. The molecule has 1 aromatic carbocycles. The van der Waals surface area contributed by atoms with Crippen LogP contribution < -0.4 is 4.74 Å². The van der Waals surface area contributed by atoms with E-state index in [0.717, 1.165) is 13.1 Å². The lowest BCUT2D eigenvalue weighted by Crippen LogP contribution is -2.46. The number of rotatable bonds is 5. The maximum atomic E-state index is 12.4. The lowest BCUT2D eigenvalue weighted by molar-refractivity contribution is -0.0662. The van der Waals surface area contributed by atoms with Crippen LogP contribution in [0.3, 0.4) is 0 Å². The zero-order valence-corrected chi connectivity index (χ0v) is 13.6. The van der Waals surface area contributed by atoms with Gasteiger partial charge in [0.2, 0.25) is 0 Å². The highest BCUT2D eigenvalue weighted by Gasteiger charge is 2.24. The third-order valence-corrected chi connectivity index (χ3v) is 5.26. The highest BCUT2D eigenvalue weighted by Crippen LogP contribution is 2.19. The molecule has 0 unspecified atom stereocenters. The maximum absolute atomic E-state index is 12.4. The average Bonchev–Trinajstić information content (AvgIpc) is 2.44. The molecule has 1 heterocycles. The Morgan fingerprint density at radius 2 is 1.95 bits per heavy atom. The summed E-state index contributed by atoms with van der Waals surface area (Å²) in [5.74, 6) is 0.671. The van der Waals surface area contributed by atoms with Crippen molar-refractivity contribution < 1.29 is 17.9 Å². The normalized spacial score (nSPS) is 24.0. The number of hydrogen-bond acceptors (Lipinski definition) is 5. The first-order valence-electron chi connectivity index (χ1n) is 7.15. The van der Waals surface area contributed by atoms with Gasteiger partial charge in [-0.25, -0.2) is 8.42 Å². The number of methoxy groups -OCH3 is 1. The molecule has 6 heteroatoms. The second-order valence-corrected chi connectivity index (χ2v) is 7.62. The molecule has 1 saturated heterocycles. The summed E-state index contributed by atoms with van der Waals surface area (Å²) in [7, 11) is -1.76. The molecule has 0 aliphatic carbocycles. The second-order valence-electron chi connectivity index (χ2n) is 5.51. The van der Waals surface area contributed by atoms with Crippen LogP contribution >= 0.6 is 0 Å². The largest absolute Gasteiger partial charge is 0.497 e. The molecule has 1 aliphatic heterocycles. The molecule has 118 valence electrons. The van der Waals surface area contributed by atoms with Crippen LogP contribution in [0.15, 0.2) is 29.2 Å². The molecule has 0 amide bonds. The summed E-state index contributed by atoms with van der Waals surface area (Å²) < 4.78 is 35.5. The number of hydrogen-bond donors (Lipinski definition) is 0. The molecule has 0 bridgehead atoms. The Morgan fingerprint density at radius 1 is 1.29 bits per heavy atom. The quantitative estimate of drug-likeness (QED) is 0.826. The molecule has 0 radical (unpaired) electrons. The Balaban J connectivity index is 2.00. The molecule has 0 N–H and O–H groups in total. The van der Waals surface area contributed by atoms with Crippen molar-refractivity contribution in [2.75, 3.05) is 32.5 Å². The summed E-state index contributed by atoms with van der Waals surface area (Å²) in [4.78, 5) is 2.47. The monoisotopic (exact) mass is 313 g/mol. The van der Waals surface area contributed by atoms with E-state index in [2.05, 4.69) is 4.90 Å². The Bertz CT molecular complexity index is 563.